The molecule has 0 spiro atoms. The Balaban J connectivity index is 4.44. The molecule has 6 heteroatoms. The van der Waals surface area contributed by atoms with Crippen LogP contribution in [0.1, 0.15) is 252 Å². The number of carbonyl (C=O) groups is 3. The highest BCUT2D eigenvalue weighted by atomic mass is 16.6. The van der Waals surface area contributed by atoms with Crippen molar-refractivity contribution in [3.63, 3.8) is 0 Å². The van der Waals surface area contributed by atoms with Crippen molar-refractivity contribution in [1.82, 2.24) is 0 Å². The summed E-state index contributed by atoms with van der Waals surface area (Å²) in [5, 5.41) is 0. The maximum Gasteiger partial charge on any atom is 0.306 e. The fourth-order valence-electron chi connectivity index (χ4n) is 7.03. The Hall–Kier alpha value is -2.89. The Morgan fingerprint density at radius 2 is 0.590 bits per heavy atom. The first-order valence-corrected chi connectivity index (χ1v) is 25.8. The standard InChI is InChI=1S/C55H96O6/c1-4-7-10-13-16-19-22-25-27-30-33-36-39-42-45-48-54(57)60-51-52(50-59-53(56)47-44-41-38-35-32-29-24-21-18-15-12-9-6-3)61-55(58)49-46-43-40-37-34-31-28-26-23-20-17-14-11-8-5-2/h16-17,19-21,24-28,52H,4-15,18,22-23,29-51H2,1-3H3/t52-/m1/s1. The molecular weight excluding hydrogens is 757 g/mol. The van der Waals surface area contributed by atoms with Gasteiger partial charge in [-0.05, 0) is 109 Å². The molecule has 0 radical (unpaired) electrons. The number of hydrogen-bond donors (Lipinski definition) is 0. The topological polar surface area (TPSA) is 78.9 Å². The third-order valence-electron chi connectivity index (χ3n) is 11.0. The largest absolute Gasteiger partial charge is 0.462 e. The molecular formula is C55H96O6. The van der Waals surface area contributed by atoms with Gasteiger partial charge in [0.05, 0.1) is 0 Å². The van der Waals surface area contributed by atoms with Crippen molar-refractivity contribution in [3.8, 4) is 0 Å². The summed E-state index contributed by atoms with van der Waals surface area (Å²) in [4.78, 5) is 37.9. The molecule has 61 heavy (non-hydrogen) atoms. The van der Waals surface area contributed by atoms with E-state index in [2.05, 4.69) is 81.5 Å². The molecule has 352 valence electrons. The molecule has 0 aliphatic heterocycles. The predicted octanol–water partition coefficient (Wildman–Crippen LogP) is 16.9. The van der Waals surface area contributed by atoms with Gasteiger partial charge in [-0.15, -0.1) is 0 Å². The van der Waals surface area contributed by atoms with Crippen LogP contribution >= 0.6 is 0 Å². The number of allylic oxidation sites excluding steroid dienone is 10. The third kappa shape index (κ3) is 48.0. The molecule has 0 aliphatic rings. The lowest BCUT2D eigenvalue weighted by molar-refractivity contribution is -0.167. The molecule has 0 aromatic rings. The van der Waals surface area contributed by atoms with E-state index in [1.54, 1.807) is 0 Å². The Morgan fingerprint density at radius 3 is 0.951 bits per heavy atom. The quantitative estimate of drug-likeness (QED) is 0.0263. The second-order valence-corrected chi connectivity index (χ2v) is 17.1. The van der Waals surface area contributed by atoms with E-state index in [4.69, 9.17) is 14.2 Å². The van der Waals surface area contributed by atoms with Crippen molar-refractivity contribution in [3.05, 3.63) is 60.8 Å². The Kier molecular flexibility index (Phi) is 47.4. The number of rotatable bonds is 46. The molecule has 0 amide bonds. The lowest BCUT2D eigenvalue weighted by atomic mass is 10.1. The van der Waals surface area contributed by atoms with Crippen molar-refractivity contribution in [2.24, 2.45) is 0 Å². The molecule has 0 rings (SSSR count). The first kappa shape index (κ1) is 58.1. The summed E-state index contributed by atoms with van der Waals surface area (Å²) < 4.78 is 16.8. The van der Waals surface area contributed by atoms with Gasteiger partial charge in [0, 0.05) is 19.3 Å². The number of ether oxygens (including phenoxy) is 3. The molecule has 6 nitrogen and oxygen atoms in total. The maximum atomic E-state index is 12.8. The minimum Gasteiger partial charge on any atom is -0.462 e. The lowest BCUT2D eigenvalue weighted by Gasteiger charge is -2.18. The molecule has 0 aromatic heterocycles. The van der Waals surface area contributed by atoms with Crippen LogP contribution in [0.5, 0.6) is 0 Å². The van der Waals surface area contributed by atoms with Crippen LogP contribution in [0.15, 0.2) is 60.8 Å². The van der Waals surface area contributed by atoms with E-state index in [0.717, 1.165) is 109 Å². The summed E-state index contributed by atoms with van der Waals surface area (Å²) in [5.41, 5.74) is 0. The number of hydrogen-bond acceptors (Lipinski definition) is 6. The van der Waals surface area contributed by atoms with Crippen molar-refractivity contribution in [1.29, 1.82) is 0 Å². The normalized spacial score (nSPS) is 12.5. The zero-order valence-electron chi connectivity index (χ0n) is 40.2. The molecule has 0 unspecified atom stereocenters. The summed E-state index contributed by atoms with van der Waals surface area (Å²) in [6.07, 6.45) is 60.5. The summed E-state index contributed by atoms with van der Waals surface area (Å²) in [5.74, 6) is -0.922. The highest BCUT2D eigenvalue weighted by Crippen LogP contribution is 2.13. The van der Waals surface area contributed by atoms with Gasteiger partial charge in [-0.1, -0.05) is 184 Å². The predicted molar refractivity (Wildman–Crippen MR) is 261 cm³/mol. The fraction of sp³-hybridized carbons (Fsp3) is 0.764. The molecule has 0 fully saturated rings. The van der Waals surface area contributed by atoms with Gasteiger partial charge in [-0.25, -0.2) is 0 Å². The summed E-state index contributed by atoms with van der Waals surface area (Å²) in [6.45, 7) is 6.54. The van der Waals surface area contributed by atoms with E-state index >= 15 is 0 Å². The molecule has 0 saturated carbocycles. The fourth-order valence-corrected chi connectivity index (χ4v) is 7.03. The van der Waals surface area contributed by atoms with Gasteiger partial charge in [-0.2, -0.15) is 0 Å². The second kappa shape index (κ2) is 49.8. The van der Waals surface area contributed by atoms with E-state index in [-0.39, 0.29) is 31.1 Å². The minimum atomic E-state index is -0.789. The van der Waals surface area contributed by atoms with Gasteiger partial charge < -0.3 is 14.2 Å². The third-order valence-corrected chi connectivity index (χ3v) is 11.0. The highest BCUT2D eigenvalue weighted by molar-refractivity contribution is 5.71. The van der Waals surface area contributed by atoms with E-state index in [1.165, 1.54) is 103 Å². The van der Waals surface area contributed by atoms with Crippen LogP contribution in [0.25, 0.3) is 0 Å². The molecule has 0 bridgehead atoms. The molecule has 0 saturated heterocycles. The average Bonchev–Trinajstić information content (AvgIpc) is 3.26. The summed E-state index contributed by atoms with van der Waals surface area (Å²) >= 11 is 0. The van der Waals surface area contributed by atoms with Crippen LogP contribution in [0.2, 0.25) is 0 Å². The smallest absolute Gasteiger partial charge is 0.306 e. The SMILES string of the molecule is CCCCCC=CCC=CCCCCCCCC(=O)OC[C@@H](COC(=O)CCCCCCCC=CCCCCCC)OC(=O)CCCCCCCC=CCC=CCCCCC. The van der Waals surface area contributed by atoms with Crippen LogP contribution < -0.4 is 0 Å². The molecule has 0 heterocycles. The Bertz CT molecular complexity index is 1120. The van der Waals surface area contributed by atoms with E-state index in [1.807, 2.05) is 0 Å². The molecule has 1 atom stereocenters. The Morgan fingerprint density at radius 1 is 0.328 bits per heavy atom. The van der Waals surface area contributed by atoms with E-state index < -0.39 is 6.10 Å². The number of carbonyl (C=O) groups excluding carboxylic acids is 3. The van der Waals surface area contributed by atoms with Crippen molar-refractivity contribution in [2.45, 2.75) is 258 Å². The number of unbranched alkanes of at least 4 members (excludes halogenated alkanes) is 25. The van der Waals surface area contributed by atoms with Crippen LogP contribution in [0.4, 0.5) is 0 Å². The maximum absolute atomic E-state index is 12.8. The van der Waals surface area contributed by atoms with Gasteiger partial charge in [-0.3, -0.25) is 14.4 Å². The summed E-state index contributed by atoms with van der Waals surface area (Å²) in [7, 11) is 0. The number of esters is 3. The first-order valence-electron chi connectivity index (χ1n) is 25.8. The minimum absolute atomic E-state index is 0.0888. The van der Waals surface area contributed by atoms with Crippen molar-refractivity contribution >= 4 is 17.9 Å². The van der Waals surface area contributed by atoms with Gasteiger partial charge in [0.15, 0.2) is 6.10 Å². The van der Waals surface area contributed by atoms with E-state index in [0.29, 0.717) is 19.3 Å². The first-order chi connectivity index (χ1) is 30.0. The molecule has 0 N–H and O–H groups in total. The van der Waals surface area contributed by atoms with Gasteiger partial charge in [0.2, 0.25) is 0 Å². The van der Waals surface area contributed by atoms with Crippen LogP contribution in [0.3, 0.4) is 0 Å². The Labute approximate surface area is 377 Å². The molecule has 0 aromatic carbocycles. The van der Waals surface area contributed by atoms with Crippen LogP contribution in [-0.4, -0.2) is 37.2 Å². The molecule has 0 aliphatic carbocycles. The van der Waals surface area contributed by atoms with Crippen LogP contribution in [0, 0.1) is 0 Å². The second-order valence-electron chi connectivity index (χ2n) is 17.1. The van der Waals surface area contributed by atoms with Gasteiger partial charge in [0.1, 0.15) is 13.2 Å². The van der Waals surface area contributed by atoms with Gasteiger partial charge >= 0.3 is 17.9 Å². The van der Waals surface area contributed by atoms with E-state index in [9.17, 15) is 14.4 Å². The summed E-state index contributed by atoms with van der Waals surface area (Å²) in [6, 6.07) is 0. The zero-order chi connectivity index (χ0) is 44.4. The zero-order valence-corrected chi connectivity index (χ0v) is 40.2. The van der Waals surface area contributed by atoms with Gasteiger partial charge in [0.25, 0.3) is 0 Å². The van der Waals surface area contributed by atoms with Crippen molar-refractivity contribution in [2.75, 3.05) is 13.2 Å². The van der Waals surface area contributed by atoms with Crippen molar-refractivity contribution < 1.29 is 28.6 Å². The lowest BCUT2D eigenvalue weighted by Crippen LogP contribution is -2.30. The average molecular weight is 853 g/mol. The monoisotopic (exact) mass is 853 g/mol. The highest BCUT2D eigenvalue weighted by Gasteiger charge is 2.19. The van der Waals surface area contributed by atoms with Crippen LogP contribution in [-0.2, 0) is 28.6 Å².